The minimum atomic E-state index is -0.806. The molecule has 0 spiro atoms. The molecule has 1 aromatic carbocycles. The molecule has 0 fully saturated rings. The zero-order chi connectivity index (χ0) is 16.6. The van der Waals surface area contributed by atoms with Crippen molar-refractivity contribution in [2.75, 3.05) is 0 Å². The van der Waals surface area contributed by atoms with Gasteiger partial charge in [0.15, 0.2) is 5.65 Å². The molecule has 5 nitrogen and oxygen atoms in total. The number of benzene rings is 1. The van der Waals surface area contributed by atoms with Gasteiger partial charge < -0.3 is 5.11 Å². The molecule has 0 amide bonds. The average Bonchev–Trinajstić information content (AvgIpc) is 2.91. The number of carboxylic acids is 1. The van der Waals surface area contributed by atoms with Crippen LogP contribution < -0.4 is 0 Å². The number of rotatable bonds is 4. The van der Waals surface area contributed by atoms with Crippen molar-refractivity contribution in [3.05, 3.63) is 51.8 Å². The Bertz CT molecular complexity index is 885. The quantitative estimate of drug-likeness (QED) is 0.755. The molecule has 0 aliphatic carbocycles. The van der Waals surface area contributed by atoms with E-state index in [1.54, 1.807) is 4.52 Å². The van der Waals surface area contributed by atoms with Crippen LogP contribution in [-0.2, 0) is 11.2 Å². The molecule has 3 rings (SSSR count). The van der Waals surface area contributed by atoms with E-state index in [2.05, 4.69) is 26.0 Å². The number of nitrogens with zero attached hydrogens (tertiary/aromatic N) is 3. The third-order valence-electron chi connectivity index (χ3n) is 3.89. The molecule has 2 heterocycles. The van der Waals surface area contributed by atoms with Gasteiger partial charge in [0.25, 0.3) is 0 Å². The van der Waals surface area contributed by atoms with Crippen LogP contribution in [0.2, 0.25) is 0 Å². The first-order valence-corrected chi connectivity index (χ1v) is 8.08. The normalized spacial score (nSPS) is 11.1. The molecule has 0 bridgehead atoms. The lowest BCUT2D eigenvalue weighted by Crippen LogP contribution is -2.07. The number of halogens is 1. The summed E-state index contributed by atoms with van der Waals surface area (Å²) in [5.74, 6) is -0.806. The van der Waals surface area contributed by atoms with E-state index in [-0.39, 0.29) is 6.42 Å². The molecule has 0 unspecified atom stereocenters. The van der Waals surface area contributed by atoms with E-state index in [0.29, 0.717) is 6.42 Å². The molecule has 3 aromatic rings. The van der Waals surface area contributed by atoms with Gasteiger partial charge in [0.1, 0.15) is 0 Å². The molecule has 0 aliphatic heterocycles. The molecule has 1 N–H and O–H groups in total. The second kappa shape index (κ2) is 6.12. The van der Waals surface area contributed by atoms with Gasteiger partial charge in [-0.25, -0.2) is 9.50 Å². The summed E-state index contributed by atoms with van der Waals surface area (Å²) in [6.45, 7) is 3.87. The van der Waals surface area contributed by atoms with Crippen LogP contribution in [0.15, 0.2) is 34.8 Å². The first-order chi connectivity index (χ1) is 11.0. The predicted molar refractivity (Wildman–Crippen MR) is 91.6 cm³/mol. The summed E-state index contributed by atoms with van der Waals surface area (Å²) in [5, 5.41) is 13.5. The van der Waals surface area contributed by atoms with E-state index in [1.165, 1.54) is 0 Å². The maximum absolute atomic E-state index is 10.8. The van der Waals surface area contributed by atoms with Crippen LogP contribution in [0.3, 0.4) is 0 Å². The number of aromatic nitrogens is 3. The van der Waals surface area contributed by atoms with Gasteiger partial charge >= 0.3 is 5.97 Å². The van der Waals surface area contributed by atoms with Crippen molar-refractivity contribution < 1.29 is 9.90 Å². The van der Waals surface area contributed by atoms with Gasteiger partial charge in [0, 0.05) is 33.9 Å². The first kappa shape index (κ1) is 15.7. The Morgan fingerprint density at radius 1 is 1.26 bits per heavy atom. The minimum Gasteiger partial charge on any atom is -0.481 e. The smallest absolute Gasteiger partial charge is 0.303 e. The van der Waals surface area contributed by atoms with Crippen molar-refractivity contribution in [1.82, 2.24) is 14.6 Å². The Hall–Kier alpha value is -2.21. The summed E-state index contributed by atoms with van der Waals surface area (Å²) in [7, 11) is 0. The highest BCUT2D eigenvalue weighted by atomic mass is 79.9. The fraction of sp³-hybridized carbons (Fsp3) is 0.235. The summed E-state index contributed by atoms with van der Waals surface area (Å²) in [6.07, 6.45) is 0.555. The SMILES string of the molecule is Cc1nc2cc(-c3ccc(Br)cc3)nn2c(C)c1CCC(=O)O. The number of carboxylic acid groups (broad SMARTS) is 1. The van der Waals surface area contributed by atoms with Gasteiger partial charge in [-0.2, -0.15) is 5.10 Å². The molecular formula is C17H16BrN3O2. The maximum atomic E-state index is 10.8. The van der Waals surface area contributed by atoms with Crippen LogP contribution in [0.5, 0.6) is 0 Å². The Balaban J connectivity index is 2.07. The molecule has 0 saturated carbocycles. The van der Waals surface area contributed by atoms with E-state index in [0.717, 1.165) is 38.3 Å². The Labute approximate surface area is 142 Å². The Morgan fingerprint density at radius 3 is 2.61 bits per heavy atom. The van der Waals surface area contributed by atoms with Gasteiger partial charge in [-0.1, -0.05) is 28.1 Å². The second-order valence-electron chi connectivity index (χ2n) is 5.46. The van der Waals surface area contributed by atoms with E-state index < -0.39 is 5.97 Å². The van der Waals surface area contributed by atoms with Crippen molar-refractivity contribution in [2.24, 2.45) is 0 Å². The number of fused-ring (bicyclic) bond motifs is 1. The van der Waals surface area contributed by atoms with Crippen LogP contribution in [0.25, 0.3) is 16.9 Å². The molecule has 0 saturated heterocycles. The third-order valence-corrected chi connectivity index (χ3v) is 4.42. The van der Waals surface area contributed by atoms with E-state index >= 15 is 0 Å². The zero-order valence-corrected chi connectivity index (χ0v) is 14.5. The molecule has 0 radical (unpaired) electrons. The van der Waals surface area contributed by atoms with Crippen LogP contribution in [-0.4, -0.2) is 25.7 Å². The number of hydrogen-bond acceptors (Lipinski definition) is 3. The second-order valence-corrected chi connectivity index (χ2v) is 6.38. The number of aryl methyl sites for hydroxylation is 2. The molecular weight excluding hydrogens is 358 g/mol. The topological polar surface area (TPSA) is 67.5 Å². The summed E-state index contributed by atoms with van der Waals surface area (Å²) >= 11 is 3.43. The molecule has 0 aliphatic rings. The standard InChI is InChI=1S/C17H16BrN3O2/c1-10-14(7-8-17(22)23)11(2)21-16(19-10)9-15(20-21)12-3-5-13(18)6-4-12/h3-6,9H,7-8H2,1-2H3,(H,22,23). The van der Waals surface area contributed by atoms with Crippen LogP contribution >= 0.6 is 15.9 Å². The van der Waals surface area contributed by atoms with E-state index in [9.17, 15) is 4.79 Å². The molecule has 23 heavy (non-hydrogen) atoms. The molecule has 0 atom stereocenters. The van der Waals surface area contributed by atoms with Gasteiger partial charge in [-0.15, -0.1) is 0 Å². The lowest BCUT2D eigenvalue weighted by atomic mass is 10.1. The molecule has 118 valence electrons. The van der Waals surface area contributed by atoms with Gasteiger partial charge in [-0.3, -0.25) is 4.79 Å². The number of aliphatic carboxylic acids is 1. The van der Waals surface area contributed by atoms with Crippen molar-refractivity contribution in [3.63, 3.8) is 0 Å². The van der Waals surface area contributed by atoms with E-state index in [4.69, 9.17) is 5.11 Å². The highest BCUT2D eigenvalue weighted by Crippen LogP contribution is 2.24. The average molecular weight is 374 g/mol. The fourth-order valence-electron chi connectivity index (χ4n) is 2.68. The Kier molecular flexibility index (Phi) is 4.17. The van der Waals surface area contributed by atoms with Crippen LogP contribution in [0.1, 0.15) is 23.4 Å². The summed E-state index contributed by atoms with van der Waals surface area (Å²) in [4.78, 5) is 15.4. The summed E-state index contributed by atoms with van der Waals surface area (Å²) in [6, 6.07) is 9.90. The predicted octanol–water partition coefficient (Wildman–Crippen LogP) is 3.79. The van der Waals surface area contributed by atoms with Gasteiger partial charge in [0.2, 0.25) is 0 Å². The molecule has 6 heteroatoms. The van der Waals surface area contributed by atoms with Crippen molar-refractivity contribution in [1.29, 1.82) is 0 Å². The first-order valence-electron chi connectivity index (χ1n) is 7.29. The zero-order valence-electron chi connectivity index (χ0n) is 12.9. The highest BCUT2D eigenvalue weighted by molar-refractivity contribution is 9.10. The Morgan fingerprint density at radius 2 is 1.96 bits per heavy atom. The highest BCUT2D eigenvalue weighted by Gasteiger charge is 2.14. The van der Waals surface area contributed by atoms with Crippen molar-refractivity contribution in [3.8, 4) is 11.3 Å². The largest absolute Gasteiger partial charge is 0.481 e. The summed E-state index contributed by atoms with van der Waals surface area (Å²) in [5.41, 5.74) is 5.39. The van der Waals surface area contributed by atoms with Crippen molar-refractivity contribution >= 4 is 27.5 Å². The van der Waals surface area contributed by atoms with Crippen molar-refractivity contribution in [2.45, 2.75) is 26.7 Å². The third kappa shape index (κ3) is 3.12. The molecule has 2 aromatic heterocycles. The summed E-state index contributed by atoms with van der Waals surface area (Å²) < 4.78 is 2.81. The van der Waals surface area contributed by atoms with Gasteiger partial charge in [0.05, 0.1) is 5.69 Å². The van der Waals surface area contributed by atoms with E-state index in [1.807, 2.05) is 44.2 Å². The lowest BCUT2D eigenvalue weighted by Gasteiger charge is -2.09. The van der Waals surface area contributed by atoms with Crippen LogP contribution in [0.4, 0.5) is 0 Å². The fourth-order valence-corrected chi connectivity index (χ4v) is 2.95. The van der Waals surface area contributed by atoms with Crippen LogP contribution in [0, 0.1) is 13.8 Å². The maximum Gasteiger partial charge on any atom is 0.303 e. The van der Waals surface area contributed by atoms with Gasteiger partial charge in [-0.05, 0) is 38.0 Å². The number of carbonyl (C=O) groups is 1. The number of hydrogen-bond donors (Lipinski definition) is 1. The minimum absolute atomic E-state index is 0.0930. The monoisotopic (exact) mass is 373 g/mol. The lowest BCUT2D eigenvalue weighted by molar-refractivity contribution is -0.136.